The van der Waals surface area contributed by atoms with Gasteiger partial charge >= 0.3 is 11.9 Å². The Labute approximate surface area is 153 Å². The number of Topliss-reactive ketones (excluding diaryl/α,β-unsaturated/α-hetero) is 1. The molecule has 0 spiro atoms. The summed E-state index contributed by atoms with van der Waals surface area (Å²) in [5.41, 5.74) is 0.908. The Morgan fingerprint density at radius 3 is 1.54 bits per heavy atom. The van der Waals surface area contributed by atoms with Crippen molar-refractivity contribution in [2.45, 2.75) is 39.5 Å². The van der Waals surface area contributed by atoms with E-state index in [9.17, 15) is 14.4 Å². The number of carbonyl (C=O) groups excluding carboxylic acids is 3. The lowest BCUT2D eigenvalue weighted by atomic mass is 9.66. The number of ether oxygens (including phenoxy) is 2. The van der Waals surface area contributed by atoms with E-state index >= 15 is 0 Å². The third kappa shape index (κ3) is 2.49. The van der Waals surface area contributed by atoms with Gasteiger partial charge in [0.2, 0.25) is 0 Å². The summed E-state index contributed by atoms with van der Waals surface area (Å²) < 4.78 is 10.1. The minimum absolute atomic E-state index is 0.234. The molecular formula is C21H24O5. The van der Waals surface area contributed by atoms with Gasteiger partial charge < -0.3 is 9.47 Å². The zero-order chi connectivity index (χ0) is 19.1. The highest BCUT2D eigenvalue weighted by Gasteiger charge is 2.62. The second-order valence-electron chi connectivity index (χ2n) is 7.51. The molecule has 0 saturated heterocycles. The molecule has 2 unspecified atom stereocenters. The predicted molar refractivity (Wildman–Crippen MR) is 95.4 cm³/mol. The zero-order valence-electron chi connectivity index (χ0n) is 15.7. The summed E-state index contributed by atoms with van der Waals surface area (Å²) in [6.45, 7) is 3.84. The maximum atomic E-state index is 13.8. The maximum absolute atomic E-state index is 13.8. The molecule has 0 amide bonds. The van der Waals surface area contributed by atoms with Crippen LogP contribution in [0.25, 0.3) is 0 Å². The highest BCUT2D eigenvalue weighted by atomic mass is 16.5. The van der Waals surface area contributed by atoms with Gasteiger partial charge in [-0.3, -0.25) is 14.4 Å². The highest BCUT2D eigenvalue weighted by Crippen LogP contribution is 2.51. The number of carbonyl (C=O) groups is 3. The smallest absolute Gasteiger partial charge is 0.320 e. The first-order valence-corrected chi connectivity index (χ1v) is 8.74. The standard InChI is InChI=1S/C21H24O5/c1-13-9-20(18(23)25-3)11-15-7-5-6-8-16(15)12-21(17(20)22,10-14(13)2)19(24)26-4/h5-8H,9-12H2,1-4H3. The molecule has 2 aliphatic carbocycles. The van der Waals surface area contributed by atoms with Gasteiger partial charge in [0.15, 0.2) is 5.78 Å². The molecule has 0 saturated carbocycles. The van der Waals surface area contributed by atoms with Crippen LogP contribution in [0.4, 0.5) is 0 Å². The van der Waals surface area contributed by atoms with E-state index in [0.717, 1.165) is 22.3 Å². The quantitative estimate of drug-likeness (QED) is 0.463. The number of benzene rings is 1. The molecular weight excluding hydrogens is 332 g/mol. The number of hydrogen-bond acceptors (Lipinski definition) is 5. The molecule has 0 fully saturated rings. The average Bonchev–Trinajstić information content (AvgIpc) is 2.79. The van der Waals surface area contributed by atoms with Gasteiger partial charge in [-0.15, -0.1) is 0 Å². The summed E-state index contributed by atoms with van der Waals surface area (Å²) in [6.07, 6.45) is 0.991. The Kier molecular flexibility index (Phi) is 4.51. The van der Waals surface area contributed by atoms with Gasteiger partial charge in [-0.2, -0.15) is 0 Å². The van der Waals surface area contributed by atoms with E-state index in [-0.39, 0.29) is 31.5 Å². The summed E-state index contributed by atoms with van der Waals surface area (Å²) in [6, 6.07) is 7.61. The number of hydrogen-bond donors (Lipinski definition) is 0. The minimum Gasteiger partial charge on any atom is -0.468 e. The van der Waals surface area contributed by atoms with Crippen LogP contribution >= 0.6 is 0 Å². The number of esters is 2. The Morgan fingerprint density at radius 2 is 1.19 bits per heavy atom. The van der Waals surface area contributed by atoms with Crippen LogP contribution in [-0.4, -0.2) is 31.9 Å². The second-order valence-corrected chi connectivity index (χ2v) is 7.51. The third-order valence-corrected chi connectivity index (χ3v) is 5.99. The summed E-state index contributed by atoms with van der Waals surface area (Å²) in [4.78, 5) is 39.6. The van der Waals surface area contributed by atoms with E-state index in [1.165, 1.54) is 14.2 Å². The fourth-order valence-corrected chi connectivity index (χ4v) is 4.53. The first-order chi connectivity index (χ1) is 12.3. The van der Waals surface area contributed by atoms with Crippen LogP contribution in [0.5, 0.6) is 0 Å². The van der Waals surface area contributed by atoms with E-state index in [0.29, 0.717) is 0 Å². The molecule has 138 valence electrons. The SMILES string of the molecule is COC(=O)C12CC(C)=C(C)CC(C(=O)OC)(Cc3ccccc3C1)C2=O. The van der Waals surface area contributed by atoms with Gasteiger partial charge in [-0.05, 0) is 50.7 Å². The molecule has 0 radical (unpaired) electrons. The molecule has 2 aliphatic rings. The second kappa shape index (κ2) is 6.38. The van der Waals surface area contributed by atoms with Crippen molar-refractivity contribution in [2.24, 2.45) is 10.8 Å². The van der Waals surface area contributed by atoms with Gasteiger partial charge in [0.05, 0.1) is 14.2 Å². The van der Waals surface area contributed by atoms with Crippen molar-refractivity contribution in [2.75, 3.05) is 14.2 Å². The summed E-state index contributed by atoms with van der Waals surface area (Å²) in [7, 11) is 2.58. The topological polar surface area (TPSA) is 69.7 Å². The molecule has 0 N–H and O–H groups in total. The molecule has 2 bridgehead atoms. The van der Waals surface area contributed by atoms with Gasteiger partial charge in [-0.1, -0.05) is 35.4 Å². The summed E-state index contributed by atoms with van der Waals surface area (Å²) >= 11 is 0. The van der Waals surface area contributed by atoms with Crippen molar-refractivity contribution >= 4 is 17.7 Å². The Morgan fingerprint density at radius 1 is 0.808 bits per heavy atom. The number of fused-ring (bicyclic) bond motifs is 3. The fraction of sp³-hybridized carbons (Fsp3) is 0.476. The van der Waals surface area contributed by atoms with Crippen LogP contribution in [0.2, 0.25) is 0 Å². The Bertz CT molecular complexity index is 756. The van der Waals surface area contributed by atoms with Crippen molar-refractivity contribution in [1.82, 2.24) is 0 Å². The number of methoxy groups -OCH3 is 2. The molecule has 0 heterocycles. The first kappa shape index (κ1) is 18.4. The average molecular weight is 356 g/mol. The predicted octanol–water partition coefficient (Wildman–Crippen LogP) is 2.80. The molecule has 0 aromatic heterocycles. The maximum Gasteiger partial charge on any atom is 0.320 e. The van der Waals surface area contributed by atoms with Crippen LogP contribution in [0, 0.1) is 10.8 Å². The largest absolute Gasteiger partial charge is 0.468 e. The lowest BCUT2D eigenvalue weighted by molar-refractivity contribution is -0.168. The first-order valence-electron chi connectivity index (χ1n) is 8.74. The van der Waals surface area contributed by atoms with Crippen LogP contribution in [-0.2, 0) is 36.7 Å². The molecule has 5 nitrogen and oxygen atoms in total. The highest BCUT2D eigenvalue weighted by molar-refractivity contribution is 6.16. The molecule has 5 heteroatoms. The molecule has 26 heavy (non-hydrogen) atoms. The lowest BCUT2D eigenvalue weighted by Gasteiger charge is -2.34. The van der Waals surface area contributed by atoms with Gasteiger partial charge in [0.25, 0.3) is 0 Å². The van der Waals surface area contributed by atoms with Crippen LogP contribution in [0.15, 0.2) is 35.4 Å². The van der Waals surface area contributed by atoms with Crippen LogP contribution in [0.1, 0.15) is 37.8 Å². The lowest BCUT2D eigenvalue weighted by Crippen LogP contribution is -2.52. The van der Waals surface area contributed by atoms with E-state index in [1.54, 1.807) is 0 Å². The number of allylic oxidation sites excluding steroid dienone is 2. The normalized spacial score (nSPS) is 27.9. The number of ketones is 1. The van der Waals surface area contributed by atoms with Crippen molar-refractivity contribution in [3.05, 3.63) is 46.5 Å². The minimum atomic E-state index is -1.41. The monoisotopic (exact) mass is 356 g/mol. The van der Waals surface area contributed by atoms with E-state index < -0.39 is 22.8 Å². The van der Waals surface area contributed by atoms with Gasteiger partial charge in [-0.25, -0.2) is 0 Å². The number of rotatable bonds is 2. The van der Waals surface area contributed by atoms with Crippen molar-refractivity contribution < 1.29 is 23.9 Å². The van der Waals surface area contributed by atoms with Gasteiger partial charge in [0.1, 0.15) is 10.8 Å². The van der Waals surface area contributed by atoms with Crippen molar-refractivity contribution in [3.63, 3.8) is 0 Å². The van der Waals surface area contributed by atoms with Crippen molar-refractivity contribution in [3.8, 4) is 0 Å². The Balaban J connectivity index is 2.36. The Hall–Kier alpha value is -2.43. The third-order valence-electron chi connectivity index (χ3n) is 5.99. The van der Waals surface area contributed by atoms with Gasteiger partial charge in [0, 0.05) is 0 Å². The molecule has 3 rings (SSSR count). The summed E-state index contributed by atoms with van der Waals surface area (Å²) in [5, 5.41) is 0. The van der Waals surface area contributed by atoms with Crippen molar-refractivity contribution in [1.29, 1.82) is 0 Å². The molecule has 2 atom stereocenters. The van der Waals surface area contributed by atoms with Crippen LogP contribution in [0.3, 0.4) is 0 Å². The molecule has 0 aliphatic heterocycles. The zero-order valence-corrected chi connectivity index (χ0v) is 15.7. The molecule has 1 aromatic rings. The fourth-order valence-electron chi connectivity index (χ4n) is 4.53. The van der Waals surface area contributed by atoms with Crippen LogP contribution < -0.4 is 0 Å². The summed E-state index contributed by atoms with van der Waals surface area (Å²) in [5.74, 6) is -1.54. The van der Waals surface area contributed by atoms with E-state index in [1.807, 2.05) is 38.1 Å². The van der Waals surface area contributed by atoms with E-state index in [4.69, 9.17) is 9.47 Å². The molecule has 1 aromatic carbocycles. The van der Waals surface area contributed by atoms with E-state index in [2.05, 4.69) is 0 Å².